The van der Waals surface area contributed by atoms with Crippen LogP contribution in [0, 0.1) is 13.8 Å². The predicted octanol–water partition coefficient (Wildman–Crippen LogP) is 3.68. The fourth-order valence-corrected chi connectivity index (χ4v) is 2.84. The second-order valence-electron chi connectivity index (χ2n) is 6.16. The molecule has 2 aromatic heterocycles. The van der Waals surface area contributed by atoms with Gasteiger partial charge in [0.05, 0.1) is 5.39 Å². The van der Waals surface area contributed by atoms with E-state index in [-0.39, 0.29) is 11.0 Å². The molecule has 0 fully saturated rings. The molecule has 0 atom stereocenters. The largest absolute Gasteiger partial charge is 0.331 e. The molecule has 0 unspecified atom stereocenters. The number of aryl methyl sites for hydroxylation is 3. The lowest BCUT2D eigenvalue weighted by Crippen LogP contribution is -2.24. The number of anilines is 1. The van der Waals surface area contributed by atoms with Gasteiger partial charge in [0.25, 0.3) is 5.91 Å². The van der Waals surface area contributed by atoms with Gasteiger partial charge < -0.3 is 9.88 Å². The fourth-order valence-electron chi connectivity index (χ4n) is 2.84. The molecule has 1 amide bonds. The van der Waals surface area contributed by atoms with Gasteiger partial charge in [0.15, 0.2) is 0 Å². The molecule has 1 N–H and O–H groups in total. The third-order valence-corrected chi connectivity index (χ3v) is 4.16. The maximum atomic E-state index is 12.8. The molecular weight excluding hydrogens is 314 g/mol. The van der Waals surface area contributed by atoms with Crippen LogP contribution in [0.25, 0.3) is 11.0 Å². The van der Waals surface area contributed by atoms with Gasteiger partial charge in [0.2, 0.25) is 5.43 Å². The number of rotatable bonds is 4. The van der Waals surface area contributed by atoms with Crippen molar-refractivity contribution in [1.29, 1.82) is 0 Å². The SMILES string of the molecule is CCCn1cc(C(=O)Nc2ccccc2C)c(=O)c2ccc(C)nc21. The number of fused-ring (bicyclic) bond motifs is 1. The van der Waals surface area contributed by atoms with E-state index < -0.39 is 5.91 Å². The second-order valence-corrected chi connectivity index (χ2v) is 6.16. The first-order valence-electron chi connectivity index (χ1n) is 8.39. The van der Waals surface area contributed by atoms with Crippen LogP contribution < -0.4 is 10.7 Å². The summed E-state index contributed by atoms with van der Waals surface area (Å²) >= 11 is 0. The van der Waals surface area contributed by atoms with Crippen molar-refractivity contribution in [3.63, 3.8) is 0 Å². The third kappa shape index (κ3) is 3.31. The lowest BCUT2D eigenvalue weighted by molar-refractivity contribution is 0.102. The van der Waals surface area contributed by atoms with E-state index in [4.69, 9.17) is 0 Å². The number of aromatic nitrogens is 2. The van der Waals surface area contributed by atoms with Crippen molar-refractivity contribution < 1.29 is 4.79 Å². The summed E-state index contributed by atoms with van der Waals surface area (Å²) in [5.74, 6) is -0.397. The number of hydrogen-bond donors (Lipinski definition) is 1. The molecule has 3 aromatic rings. The molecule has 0 bridgehead atoms. The van der Waals surface area contributed by atoms with Crippen molar-refractivity contribution in [1.82, 2.24) is 9.55 Å². The minimum Gasteiger partial charge on any atom is -0.331 e. The monoisotopic (exact) mass is 335 g/mol. The molecule has 2 heterocycles. The fraction of sp³-hybridized carbons (Fsp3) is 0.250. The number of carbonyl (C=O) groups excluding carboxylic acids is 1. The molecule has 3 rings (SSSR count). The van der Waals surface area contributed by atoms with Gasteiger partial charge in [0.1, 0.15) is 11.2 Å². The quantitative estimate of drug-likeness (QED) is 0.791. The Morgan fingerprint density at radius 2 is 1.92 bits per heavy atom. The van der Waals surface area contributed by atoms with Crippen LogP contribution in [0.15, 0.2) is 47.4 Å². The second kappa shape index (κ2) is 6.89. The molecule has 128 valence electrons. The number of pyridine rings is 2. The lowest BCUT2D eigenvalue weighted by atomic mass is 10.1. The van der Waals surface area contributed by atoms with Gasteiger partial charge in [-0.05, 0) is 44.0 Å². The summed E-state index contributed by atoms with van der Waals surface area (Å²) in [5, 5.41) is 3.31. The summed E-state index contributed by atoms with van der Waals surface area (Å²) < 4.78 is 1.89. The number of nitrogens with zero attached hydrogens (tertiary/aromatic N) is 2. The molecule has 5 nitrogen and oxygen atoms in total. The van der Waals surface area contributed by atoms with E-state index in [1.165, 1.54) is 0 Å². The minimum absolute atomic E-state index is 0.134. The van der Waals surface area contributed by atoms with E-state index in [9.17, 15) is 9.59 Å². The highest BCUT2D eigenvalue weighted by Gasteiger charge is 2.17. The summed E-state index contributed by atoms with van der Waals surface area (Å²) in [4.78, 5) is 30.0. The average Bonchev–Trinajstić information content (AvgIpc) is 2.59. The molecule has 0 aliphatic rings. The zero-order valence-electron chi connectivity index (χ0n) is 14.7. The van der Waals surface area contributed by atoms with Gasteiger partial charge in [-0.3, -0.25) is 9.59 Å². The summed E-state index contributed by atoms with van der Waals surface area (Å²) in [6.07, 6.45) is 2.50. The molecule has 0 spiro atoms. The first-order chi connectivity index (χ1) is 12.0. The lowest BCUT2D eigenvalue weighted by Gasteiger charge is -2.13. The van der Waals surface area contributed by atoms with E-state index in [2.05, 4.69) is 10.3 Å². The molecule has 0 aliphatic carbocycles. The van der Waals surface area contributed by atoms with E-state index in [1.807, 2.05) is 49.6 Å². The molecular formula is C20H21N3O2. The molecule has 1 aromatic carbocycles. The number of carbonyl (C=O) groups is 1. The van der Waals surface area contributed by atoms with E-state index in [0.29, 0.717) is 23.3 Å². The Bertz CT molecular complexity index is 1010. The molecule has 25 heavy (non-hydrogen) atoms. The van der Waals surface area contributed by atoms with Crippen LogP contribution in [0.1, 0.15) is 35.0 Å². The summed E-state index contributed by atoms with van der Waals surface area (Å²) in [5.41, 5.74) is 2.96. The first-order valence-corrected chi connectivity index (χ1v) is 8.39. The Balaban J connectivity index is 2.11. The van der Waals surface area contributed by atoms with Crippen LogP contribution in [0.2, 0.25) is 0 Å². The maximum absolute atomic E-state index is 12.8. The van der Waals surface area contributed by atoms with E-state index in [0.717, 1.165) is 17.7 Å². The van der Waals surface area contributed by atoms with Crippen LogP contribution in [-0.2, 0) is 6.54 Å². The van der Waals surface area contributed by atoms with E-state index >= 15 is 0 Å². The van der Waals surface area contributed by atoms with Gasteiger partial charge in [-0.1, -0.05) is 25.1 Å². The van der Waals surface area contributed by atoms with Crippen molar-refractivity contribution in [3.05, 3.63) is 69.6 Å². The van der Waals surface area contributed by atoms with Crippen molar-refractivity contribution in [3.8, 4) is 0 Å². The highest BCUT2D eigenvalue weighted by molar-refractivity contribution is 6.05. The highest BCUT2D eigenvalue weighted by atomic mass is 16.2. The Morgan fingerprint density at radius 1 is 1.16 bits per heavy atom. The van der Waals surface area contributed by atoms with Crippen LogP contribution in [0.4, 0.5) is 5.69 Å². The van der Waals surface area contributed by atoms with Crippen molar-refractivity contribution in [2.45, 2.75) is 33.7 Å². The number of benzene rings is 1. The molecule has 0 radical (unpaired) electrons. The maximum Gasteiger partial charge on any atom is 0.261 e. The number of amides is 1. The van der Waals surface area contributed by atoms with Gasteiger partial charge in [0, 0.05) is 24.1 Å². The number of para-hydroxylation sites is 1. The Kier molecular flexibility index (Phi) is 4.65. The van der Waals surface area contributed by atoms with Gasteiger partial charge in [-0.2, -0.15) is 0 Å². The molecule has 0 saturated carbocycles. The van der Waals surface area contributed by atoms with E-state index in [1.54, 1.807) is 18.3 Å². The predicted molar refractivity (Wildman–Crippen MR) is 100 cm³/mol. The number of hydrogen-bond acceptors (Lipinski definition) is 3. The van der Waals surface area contributed by atoms with Crippen LogP contribution >= 0.6 is 0 Å². The van der Waals surface area contributed by atoms with Crippen molar-refractivity contribution >= 4 is 22.6 Å². The smallest absolute Gasteiger partial charge is 0.261 e. The summed E-state index contributed by atoms with van der Waals surface area (Å²) in [7, 11) is 0. The topological polar surface area (TPSA) is 64.0 Å². The van der Waals surface area contributed by atoms with Crippen LogP contribution in [0.5, 0.6) is 0 Å². The zero-order chi connectivity index (χ0) is 18.0. The molecule has 5 heteroatoms. The zero-order valence-corrected chi connectivity index (χ0v) is 14.7. The summed E-state index contributed by atoms with van der Waals surface area (Å²) in [6, 6.07) is 11.0. The Labute approximate surface area is 146 Å². The van der Waals surface area contributed by atoms with Gasteiger partial charge in [-0.15, -0.1) is 0 Å². The molecule has 0 saturated heterocycles. The van der Waals surface area contributed by atoms with Crippen molar-refractivity contribution in [2.75, 3.05) is 5.32 Å². The Morgan fingerprint density at radius 3 is 2.64 bits per heavy atom. The van der Waals surface area contributed by atoms with Crippen molar-refractivity contribution in [2.24, 2.45) is 0 Å². The summed E-state index contributed by atoms with van der Waals surface area (Å²) in [6.45, 7) is 6.54. The Hall–Kier alpha value is -2.95. The molecule has 0 aliphatic heterocycles. The first kappa shape index (κ1) is 16.9. The standard InChI is InChI=1S/C20H21N3O2/c1-4-11-23-12-16(18(24)15-10-9-14(3)21-19(15)23)20(25)22-17-8-6-5-7-13(17)2/h5-10,12H,4,11H2,1-3H3,(H,22,25). The number of nitrogens with one attached hydrogen (secondary N) is 1. The van der Waals surface area contributed by atoms with Crippen LogP contribution in [-0.4, -0.2) is 15.5 Å². The van der Waals surface area contributed by atoms with Gasteiger partial charge >= 0.3 is 0 Å². The van der Waals surface area contributed by atoms with Crippen LogP contribution in [0.3, 0.4) is 0 Å². The minimum atomic E-state index is -0.397. The average molecular weight is 335 g/mol. The van der Waals surface area contributed by atoms with Gasteiger partial charge in [-0.25, -0.2) is 4.98 Å². The highest BCUT2D eigenvalue weighted by Crippen LogP contribution is 2.16. The third-order valence-electron chi connectivity index (χ3n) is 4.16. The normalized spacial score (nSPS) is 10.8.